The SMILES string of the molecule is CCC(C)[SiH](C(C)C)C(C)C. The molecule has 0 aromatic rings. The first kappa shape index (κ1) is 11.2. The monoisotopic (exact) mass is 172 g/mol. The van der Waals surface area contributed by atoms with Crippen LogP contribution in [0.3, 0.4) is 0 Å². The second kappa shape index (κ2) is 4.97. The molecule has 1 unspecified atom stereocenters. The van der Waals surface area contributed by atoms with Gasteiger partial charge < -0.3 is 0 Å². The second-order valence-electron chi connectivity index (χ2n) is 4.45. The van der Waals surface area contributed by atoms with Crippen molar-refractivity contribution in [2.75, 3.05) is 0 Å². The van der Waals surface area contributed by atoms with Crippen molar-refractivity contribution in [1.29, 1.82) is 0 Å². The molecule has 0 aromatic heterocycles. The summed E-state index contributed by atoms with van der Waals surface area (Å²) in [6, 6.07) is 0. The van der Waals surface area contributed by atoms with Crippen molar-refractivity contribution in [2.45, 2.75) is 64.6 Å². The van der Waals surface area contributed by atoms with E-state index in [2.05, 4.69) is 41.5 Å². The van der Waals surface area contributed by atoms with Gasteiger partial charge in [-0.3, -0.25) is 0 Å². The molecule has 0 aliphatic rings. The zero-order valence-corrected chi connectivity index (χ0v) is 10.2. The van der Waals surface area contributed by atoms with E-state index in [1.807, 2.05) is 0 Å². The van der Waals surface area contributed by atoms with Gasteiger partial charge in [-0.25, -0.2) is 0 Å². The maximum Gasteiger partial charge on any atom is 0.0447 e. The topological polar surface area (TPSA) is 0 Å². The highest BCUT2D eigenvalue weighted by Gasteiger charge is 2.23. The normalized spacial score (nSPS) is 15.0. The number of hydrogen-bond acceptors (Lipinski definition) is 0. The van der Waals surface area contributed by atoms with E-state index < -0.39 is 8.80 Å². The molecule has 0 bridgehead atoms. The third-order valence-electron chi connectivity index (χ3n) is 2.84. The Morgan fingerprint density at radius 3 is 1.36 bits per heavy atom. The van der Waals surface area contributed by atoms with Crippen molar-refractivity contribution >= 4 is 8.80 Å². The van der Waals surface area contributed by atoms with Crippen LogP contribution in [0.1, 0.15) is 48.0 Å². The van der Waals surface area contributed by atoms with Crippen LogP contribution in [0.15, 0.2) is 0 Å². The molecule has 0 saturated heterocycles. The van der Waals surface area contributed by atoms with Crippen LogP contribution < -0.4 is 0 Å². The van der Waals surface area contributed by atoms with Gasteiger partial charge in [-0.2, -0.15) is 0 Å². The minimum absolute atomic E-state index is 0.475. The fourth-order valence-corrected chi connectivity index (χ4v) is 7.07. The predicted molar refractivity (Wildman–Crippen MR) is 57.1 cm³/mol. The molecule has 0 fully saturated rings. The first-order chi connectivity index (χ1) is 5.00. The lowest BCUT2D eigenvalue weighted by atomic mass is 10.4. The van der Waals surface area contributed by atoms with Crippen LogP contribution in [0.4, 0.5) is 0 Å². The highest BCUT2D eigenvalue weighted by atomic mass is 28.3. The molecule has 0 N–H and O–H groups in total. The second-order valence-corrected chi connectivity index (χ2v) is 9.41. The van der Waals surface area contributed by atoms with E-state index in [-0.39, 0.29) is 0 Å². The standard InChI is InChI=1S/C10H24Si/c1-7-10(6)11(8(2)3)9(4)5/h8-11H,7H2,1-6H3. The van der Waals surface area contributed by atoms with Gasteiger partial charge >= 0.3 is 0 Å². The summed E-state index contributed by atoms with van der Waals surface area (Å²) in [7, 11) is -0.475. The minimum atomic E-state index is -0.475. The van der Waals surface area contributed by atoms with Gasteiger partial charge in [0.05, 0.1) is 0 Å². The maximum atomic E-state index is 2.44. The summed E-state index contributed by atoms with van der Waals surface area (Å²) < 4.78 is 0. The zero-order chi connectivity index (χ0) is 9.02. The predicted octanol–water partition coefficient (Wildman–Crippen LogP) is 3.83. The lowest BCUT2D eigenvalue weighted by Crippen LogP contribution is -2.25. The van der Waals surface area contributed by atoms with Crippen molar-refractivity contribution in [2.24, 2.45) is 0 Å². The van der Waals surface area contributed by atoms with Crippen LogP contribution in [0, 0.1) is 0 Å². The summed E-state index contributed by atoms with van der Waals surface area (Å²) in [6.07, 6.45) is 1.38. The molecule has 0 amide bonds. The van der Waals surface area contributed by atoms with E-state index in [4.69, 9.17) is 0 Å². The van der Waals surface area contributed by atoms with Gasteiger partial charge in [-0.15, -0.1) is 0 Å². The van der Waals surface area contributed by atoms with Crippen LogP contribution in [0.5, 0.6) is 0 Å². The largest absolute Gasteiger partial charge is 0.0654 e. The average molecular weight is 172 g/mol. The Kier molecular flexibility index (Phi) is 5.07. The Balaban J connectivity index is 4.09. The molecular formula is C10H24Si. The number of rotatable bonds is 4. The fourth-order valence-electron chi connectivity index (χ4n) is 2.36. The summed E-state index contributed by atoms with van der Waals surface area (Å²) in [4.78, 5) is 0. The molecule has 0 rings (SSSR count). The molecule has 0 saturated carbocycles. The Morgan fingerprint density at radius 1 is 0.909 bits per heavy atom. The molecule has 0 aliphatic carbocycles. The Labute approximate surface area is 74.0 Å². The van der Waals surface area contributed by atoms with Crippen LogP contribution in [0.25, 0.3) is 0 Å². The Morgan fingerprint density at radius 2 is 1.27 bits per heavy atom. The molecule has 1 heteroatoms. The van der Waals surface area contributed by atoms with E-state index >= 15 is 0 Å². The van der Waals surface area contributed by atoms with Crippen LogP contribution in [-0.2, 0) is 0 Å². The summed E-state index contributed by atoms with van der Waals surface area (Å²) >= 11 is 0. The van der Waals surface area contributed by atoms with Crippen LogP contribution >= 0.6 is 0 Å². The Bertz CT molecular complexity index is 89.0. The van der Waals surface area contributed by atoms with Gasteiger partial charge in [0.15, 0.2) is 0 Å². The highest BCUT2D eigenvalue weighted by molar-refractivity contribution is 6.63. The molecule has 1 atom stereocenters. The van der Waals surface area contributed by atoms with Gasteiger partial charge in [0.25, 0.3) is 0 Å². The van der Waals surface area contributed by atoms with Gasteiger partial charge in [0.2, 0.25) is 0 Å². The molecule has 0 aliphatic heterocycles. The lowest BCUT2D eigenvalue weighted by Gasteiger charge is -2.28. The molecule has 68 valence electrons. The van der Waals surface area contributed by atoms with Crippen LogP contribution in [0.2, 0.25) is 16.6 Å². The van der Waals surface area contributed by atoms with Gasteiger partial charge in [0, 0.05) is 8.80 Å². The minimum Gasteiger partial charge on any atom is -0.0654 e. The summed E-state index contributed by atoms with van der Waals surface area (Å²) in [5.41, 5.74) is 2.98. The van der Waals surface area contributed by atoms with Crippen molar-refractivity contribution in [3.8, 4) is 0 Å². The molecule has 0 radical (unpaired) electrons. The average Bonchev–Trinajstić information content (AvgIpc) is 1.85. The van der Waals surface area contributed by atoms with E-state index in [1.165, 1.54) is 6.42 Å². The molecular weight excluding hydrogens is 148 g/mol. The maximum absolute atomic E-state index is 2.44. The van der Waals surface area contributed by atoms with Crippen LogP contribution in [-0.4, -0.2) is 8.80 Å². The van der Waals surface area contributed by atoms with Gasteiger partial charge in [-0.1, -0.05) is 64.6 Å². The lowest BCUT2D eigenvalue weighted by molar-refractivity contribution is 0.788. The summed E-state index contributed by atoms with van der Waals surface area (Å²) in [5.74, 6) is 0. The van der Waals surface area contributed by atoms with E-state index in [9.17, 15) is 0 Å². The van der Waals surface area contributed by atoms with E-state index in [0.717, 1.165) is 16.6 Å². The van der Waals surface area contributed by atoms with Crippen molar-refractivity contribution < 1.29 is 0 Å². The molecule has 0 aromatic carbocycles. The first-order valence-corrected chi connectivity index (χ1v) is 7.00. The van der Waals surface area contributed by atoms with Crippen molar-refractivity contribution in [3.05, 3.63) is 0 Å². The smallest absolute Gasteiger partial charge is 0.0447 e. The van der Waals surface area contributed by atoms with Crippen molar-refractivity contribution in [3.63, 3.8) is 0 Å². The molecule has 0 spiro atoms. The third-order valence-corrected chi connectivity index (χ3v) is 7.71. The van der Waals surface area contributed by atoms with Crippen molar-refractivity contribution in [1.82, 2.24) is 0 Å². The summed E-state index contributed by atoms with van der Waals surface area (Å²) in [5, 5.41) is 0. The summed E-state index contributed by atoms with van der Waals surface area (Å²) in [6.45, 7) is 14.4. The number of hydrogen-bond donors (Lipinski definition) is 0. The molecule has 11 heavy (non-hydrogen) atoms. The van der Waals surface area contributed by atoms with Gasteiger partial charge in [0.1, 0.15) is 0 Å². The molecule has 0 nitrogen and oxygen atoms in total. The molecule has 0 heterocycles. The zero-order valence-electron chi connectivity index (χ0n) is 9.02. The first-order valence-electron chi connectivity index (χ1n) is 5.00. The third kappa shape index (κ3) is 3.41. The fraction of sp³-hybridized carbons (Fsp3) is 1.00. The Hall–Kier alpha value is 0.217. The highest BCUT2D eigenvalue weighted by Crippen LogP contribution is 2.31. The van der Waals surface area contributed by atoms with Gasteiger partial charge in [-0.05, 0) is 0 Å². The quantitative estimate of drug-likeness (QED) is 0.565. The van der Waals surface area contributed by atoms with E-state index in [0.29, 0.717) is 0 Å². The van der Waals surface area contributed by atoms with E-state index in [1.54, 1.807) is 0 Å².